The van der Waals surface area contributed by atoms with E-state index in [0.29, 0.717) is 10.7 Å². The molecule has 2 aromatic carbocycles. The number of rotatable bonds is 3. The molecule has 0 spiro atoms. The number of halogens is 1. The number of hydrazone groups is 1. The van der Waals surface area contributed by atoms with Gasteiger partial charge in [0.05, 0.1) is 6.21 Å². The molecule has 106 valence electrons. The van der Waals surface area contributed by atoms with Crippen LogP contribution in [0.2, 0.25) is 5.02 Å². The van der Waals surface area contributed by atoms with Crippen LogP contribution in [-0.2, 0) is 9.59 Å². The molecule has 5 nitrogen and oxygen atoms in total. The monoisotopic (exact) mass is 301 g/mol. The highest BCUT2D eigenvalue weighted by Gasteiger charge is 2.12. The molecule has 2 amide bonds. The number of hydrogen-bond acceptors (Lipinski definition) is 3. The van der Waals surface area contributed by atoms with Crippen LogP contribution in [0.5, 0.6) is 0 Å². The summed E-state index contributed by atoms with van der Waals surface area (Å²) in [5.74, 6) is -1.65. The van der Waals surface area contributed by atoms with Gasteiger partial charge in [-0.1, -0.05) is 41.9 Å². The van der Waals surface area contributed by atoms with Gasteiger partial charge in [0.2, 0.25) is 0 Å². The molecule has 0 aliphatic rings. The largest absolute Gasteiger partial charge is 0.329 e. The van der Waals surface area contributed by atoms with E-state index in [1.165, 1.54) is 6.21 Å². The maximum Gasteiger partial charge on any atom is 0.329 e. The quantitative estimate of drug-likeness (QED) is 0.519. The van der Waals surface area contributed by atoms with E-state index in [4.69, 9.17) is 11.6 Å². The van der Waals surface area contributed by atoms with Crippen molar-refractivity contribution in [2.45, 2.75) is 0 Å². The summed E-state index contributed by atoms with van der Waals surface area (Å²) in [7, 11) is 0. The van der Waals surface area contributed by atoms with E-state index in [1.807, 2.05) is 30.3 Å². The third-order valence-electron chi connectivity index (χ3n) is 2.49. The molecule has 0 atom stereocenters. The van der Waals surface area contributed by atoms with Crippen molar-refractivity contribution in [3.63, 3.8) is 0 Å². The van der Waals surface area contributed by atoms with E-state index in [2.05, 4.69) is 15.8 Å². The third kappa shape index (κ3) is 4.74. The molecular formula is C15H12ClN3O2. The first-order chi connectivity index (χ1) is 10.1. The Kier molecular flexibility index (Phi) is 5.06. The third-order valence-corrected chi connectivity index (χ3v) is 2.74. The zero-order valence-electron chi connectivity index (χ0n) is 10.9. The molecule has 0 radical (unpaired) electrons. The number of nitrogens with one attached hydrogen (secondary N) is 2. The van der Waals surface area contributed by atoms with Crippen LogP contribution in [0.25, 0.3) is 0 Å². The van der Waals surface area contributed by atoms with Crippen molar-refractivity contribution in [2.75, 3.05) is 5.32 Å². The smallest absolute Gasteiger partial charge is 0.318 e. The lowest BCUT2D eigenvalue weighted by Crippen LogP contribution is -2.32. The first-order valence-corrected chi connectivity index (χ1v) is 6.48. The lowest BCUT2D eigenvalue weighted by molar-refractivity contribution is -0.136. The summed E-state index contributed by atoms with van der Waals surface area (Å²) in [6.07, 6.45) is 1.45. The predicted octanol–water partition coefficient (Wildman–Crippen LogP) is 2.43. The van der Waals surface area contributed by atoms with Gasteiger partial charge < -0.3 is 5.32 Å². The van der Waals surface area contributed by atoms with E-state index in [1.54, 1.807) is 24.3 Å². The van der Waals surface area contributed by atoms with Gasteiger partial charge in [0.15, 0.2) is 0 Å². The summed E-state index contributed by atoms with van der Waals surface area (Å²) in [5.41, 5.74) is 3.45. The first kappa shape index (κ1) is 14.7. The van der Waals surface area contributed by atoms with Gasteiger partial charge in [-0.05, 0) is 29.8 Å². The Morgan fingerprint density at radius 2 is 1.62 bits per heavy atom. The van der Waals surface area contributed by atoms with Gasteiger partial charge in [0, 0.05) is 10.7 Å². The number of hydrogen-bond donors (Lipinski definition) is 2. The molecule has 2 rings (SSSR count). The minimum atomic E-state index is -0.850. The van der Waals surface area contributed by atoms with Gasteiger partial charge in [0.1, 0.15) is 0 Å². The molecule has 0 aliphatic heterocycles. The molecular weight excluding hydrogens is 290 g/mol. The Morgan fingerprint density at radius 1 is 0.952 bits per heavy atom. The van der Waals surface area contributed by atoms with E-state index in [-0.39, 0.29) is 0 Å². The molecule has 0 saturated carbocycles. The van der Waals surface area contributed by atoms with Crippen LogP contribution in [0.1, 0.15) is 5.56 Å². The average Bonchev–Trinajstić information content (AvgIpc) is 2.50. The molecule has 0 aliphatic carbocycles. The minimum absolute atomic E-state index is 0.478. The second kappa shape index (κ2) is 7.21. The summed E-state index contributed by atoms with van der Waals surface area (Å²) in [6.45, 7) is 0. The summed E-state index contributed by atoms with van der Waals surface area (Å²) in [4.78, 5) is 23.2. The Balaban J connectivity index is 1.87. The van der Waals surface area contributed by atoms with Gasteiger partial charge in [-0.25, -0.2) is 5.43 Å². The van der Waals surface area contributed by atoms with Gasteiger partial charge in [-0.2, -0.15) is 5.10 Å². The number of anilines is 1. The maximum atomic E-state index is 11.6. The Morgan fingerprint density at radius 3 is 2.29 bits per heavy atom. The number of benzene rings is 2. The lowest BCUT2D eigenvalue weighted by atomic mass is 10.2. The normalized spacial score (nSPS) is 10.3. The topological polar surface area (TPSA) is 70.6 Å². The summed E-state index contributed by atoms with van der Waals surface area (Å²) in [6, 6.07) is 15.6. The van der Waals surface area contributed by atoms with Gasteiger partial charge >= 0.3 is 11.8 Å². The molecule has 0 unspecified atom stereocenters. The highest BCUT2D eigenvalue weighted by Crippen LogP contribution is 2.13. The Labute approximate surface area is 126 Å². The van der Waals surface area contributed by atoms with Crippen LogP contribution in [0.4, 0.5) is 5.69 Å². The fourth-order valence-corrected chi connectivity index (χ4v) is 1.60. The van der Waals surface area contributed by atoms with Crippen LogP contribution in [0.3, 0.4) is 0 Å². The second-order valence-corrected chi connectivity index (χ2v) is 4.51. The van der Waals surface area contributed by atoms with Crippen molar-refractivity contribution >= 4 is 35.3 Å². The number of amides is 2. The van der Waals surface area contributed by atoms with Gasteiger partial charge in [-0.3, -0.25) is 9.59 Å². The molecule has 0 saturated heterocycles. The molecule has 0 heterocycles. The SMILES string of the molecule is O=C(NN=Cc1ccccc1)C(=O)Nc1ccc(Cl)cc1. The van der Waals surface area contributed by atoms with Crippen LogP contribution in [0, 0.1) is 0 Å². The molecule has 0 bridgehead atoms. The van der Waals surface area contributed by atoms with E-state index in [9.17, 15) is 9.59 Å². The average molecular weight is 302 g/mol. The van der Waals surface area contributed by atoms with E-state index in [0.717, 1.165) is 5.56 Å². The van der Waals surface area contributed by atoms with Crippen LogP contribution >= 0.6 is 11.6 Å². The number of carbonyl (C=O) groups excluding carboxylic acids is 2. The van der Waals surface area contributed by atoms with Gasteiger partial charge in [0.25, 0.3) is 0 Å². The molecule has 0 aromatic heterocycles. The van der Waals surface area contributed by atoms with Crippen molar-refractivity contribution in [3.8, 4) is 0 Å². The zero-order chi connectivity index (χ0) is 15.1. The highest BCUT2D eigenvalue weighted by molar-refractivity contribution is 6.39. The predicted molar refractivity (Wildman–Crippen MR) is 82.3 cm³/mol. The van der Waals surface area contributed by atoms with Crippen molar-refractivity contribution in [2.24, 2.45) is 5.10 Å². The second-order valence-electron chi connectivity index (χ2n) is 4.07. The summed E-state index contributed by atoms with van der Waals surface area (Å²) < 4.78 is 0. The van der Waals surface area contributed by atoms with E-state index < -0.39 is 11.8 Å². The van der Waals surface area contributed by atoms with Crippen LogP contribution in [-0.4, -0.2) is 18.0 Å². The van der Waals surface area contributed by atoms with Crippen molar-refractivity contribution < 1.29 is 9.59 Å². The summed E-state index contributed by atoms with van der Waals surface area (Å²) in [5, 5.41) is 6.69. The van der Waals surface area contributed by atoms with Crippen LogP contribution in [0.15, 0.2) is 59.7 Å². The molecule has 6 heteroatoms. The van der Waals surface area contributed by atoms with Crippen molar-refractivity contribution in [3.05, 3.63) is 65.2 Å². The fraction of sp³-hybridized carbons (Fsp3) is 0. The van der Waals surface area contributed by atoms with Crippen LogP contribution < -0.4 is 10.7 Å². The zero-order valence-corrected chi connectivity index (χ0v) is 11.7. The minimum Gasteiger partial charge on any atom is -0.318 e. The number of carbonyl (C=O) groups is 2. The van der Waals surface area contributed by atoms with Crippen molar-refractivity contribution in [1.29, 1.82) is 0 Å². The first-order valence-electron chi connectivity index (χ1n) is 6.10. The van der Waals surface area contributed by atoms with Gasteiger partial charge in [-0.15, -0.1) is 0 Å². The lowest BCUT2D eigenvalue weighted by Gasteiger charge is -2.03. The van der Waals surface area contributed by atoms with E-state index >= 15 is 0 Å². The molecule has 0 fully saturated rings. The fourth-order valence-electron chi connectivity index (χ4n) is 1.48. The highest BCUT2D eigenvalue weighted by atomic mass is 35.5. The van der Waals surface area contributed by atoms with Crippen molar-refractivity contribution in [1.82, 2.24) is 5.43 Å². The molecule has 2 aromatic rings. The summed E-state index contributed by atoms with van der Waals surface area (Å²) >= 11 is 5.73. The Hall–Kier alpha value is -2.66. The molecule has 2 N–H and O–H groups in total. The standard InChI is InChI=1S/C15H12ClN3O2/c16-12-6-8-13(9-7-12)18-14(20)15(21)19-17-10-11-4-2-1-3-5-11/h1-10H,(H,18,20)(H,19,21). The Bertz CT molecular complexity index is 654. The number of nitrogens with zero attached hydrogens (tertiary/aromatic N) is 1. The molecule has 21 heavy (non-hydrogen) atoms. The maximum absolute atomic E-state index is 11.6.